The van der Waals surface area contributed by atoms with E-state index in [0.717, 1.165) is 49.6 Å². The Labute approximate surface area is 160 Å². The fraction of sp³-hybridized carbons (Fsp3) is 0.727. The molecule has 0 amide bonds. The molecule has 5 nitrogen and oxygen atoms in total. The van der Waals surface area contributed by atoms with Crippen molar-refractivity contribution in [2.24, 2.45) is 5.92 Å². The Morgan fingerprint density at radius 2 is 2.19 bits per heavy atom. The molecule has 0 aromatic heterocycles. The topological polar surface area (TPSA) is 54.0 Å². The molecule has 1 unspecified atom stereocenters. The molecule has 4 aliphatic heterocycles. The molecule has 5 heteroatoms. The van der Waals surface area contributed by atoms with Crippen LogP contribution in [0.3, 0.4) is 0 Å². The lowest BCUT2D eigenvalue weighted by Crippen LogP contribution is -2.88. The highest BCUT2D eigenvalue weighted by Crippen LogP contribution is 2.68. The quantitative estimate of drug-likeness (QED) is 0.849. The monoisotopic (exact) mass is 368 g/mol. The third kappa shape index (κ3) is 1.58. The van der Waals surface area contributed by atoms with Gasteiger partial charge in [0.15, 0.2) is 11.5 Å². The van der Waals surface area contributed by atoms with Crippen LogP contribution in [0.2, 0.25) is 0 Å². The predicted molar refractivity (Wildman–Crippen MR) is 100 cm³/mol. The largest absolute Gasteiger partial charge is 0.493 e. The van der Waals surface area contributed by atoms with E-state index < -0.39 is 5.60 Å². The summed E-state index contributed by atoms with van der Waals surface area (Å²) in [5.74, 6) is 2.65. The molecule has 2 spiro atoms. The van der Waals surface area contributed by atoms with Gasteiger partial charge in [-0.15, -0.1) is 0 Å². The lowest BCUT2D eigenvalue weighted by atomic mass is 9.43. The molecular formula is C22H28N2O3. The van der Waals surface area contributed by atoms with Gasteiger partial charge in [0.2, 0.25) is 0 Å². The van der Waals surface area contributed by atoms with Crippen molar-refractivity contribution in [3.05, 3.63) is 23.3 Å². The zero-order valence-corrected chi connectivity index (χ0v) is 16.0. The van der Waals surface area contributed by atoms with Gasteiger partial charge in [-0.25, -0.2) is 0 Å². The van der Waals surface area contributed by atoms with Gasteiger partial charge in [0.1, 0.15) is 11.7 Å². The number of likely N-dealkylation sites (tertiary alicyclic amines) is 1. The summed E-state index contributed by atoms with van der Waals surface area (Å²) in [6.07, 6.45) is 6.70. The molecule has 4 bridgehead atoms. The van der Waals surface area contributed by atoms with E-state index in [-0.39, 0.29) is 17.1 Å². The number of nitrogens with zero attached hydrogens (tertiary/aromatic N) is 1. The number of benzene rings is 1. The number of nitrogens with one attached hydrogen (secondary N) is 1. The standard InChI is InChI=1S/C22H28N2O3/c1-26-15-5-4-14-10-16-22-7-6-20(25,12-23-22)19-21(22,17(14)18(15)27-19)8-9-24(16)11-13-2-3-13/h4-5,13,16,19,23,25H,2-3,6-12H2,1H3/t16-,19+,20?,21+,22-/m1/s1. The smallest absolute Gasteiger partial charge is 0.166 e. The number of fused-ring (bicyclic) bond motifs is 2. The van der Waals surface area contributed by atoms with Gasteiger partial charge >= 0.3 is 0 Å². The molecule has 0 radical (unpaired) electrons. The minimum Gasteiger partial charge on any atom is -0.493 e. The maximum atomic E-state index is 11.5. The zero-order valence-electron chi connectivity index (χ0n) is 16.0. The molecule has 2 saturated carbocycles. The Bertz CT molecular complexity index is 842. The third-order valence-electron chi connectivity index (χ3n) is 8.91. The molecule has 144 valence electrons. The second-order valence-electron chi connectivity index (χ2n) is 9.94. The van der Waals surface area contributed by atoms with Crippen LogP contribution in [-0.4, -0.2) is 60.0 Å². The van der Waals surface area contributed by atoms with Crippen LogP contribution in [0, 0.1) is 5.92 Å². The summed E-state index contributed by atoms with van der Waals surface area (Å²) in [5, 5.41) is 15.5. The summed E-state index contributed by atoms with van der Waals surface area (Å²) in [5.41, 5.74) is 1.92. The van der Waals surface area contributed by atoms with Crippen molar-refractivity contribution in [3.63, 3.8) is 0 Å². The van der Waals surface area contributed by atoms with Gasteiger partial charge < -0.3 is 19.9 Å². The normalized spacial score (nSPS) is 46.1. The Morgan fingerprint density at radius 3 is 2.93 bits per heavy atom. The van der Waals surface area contributed by atoms with Crippen LogP contribution in [0.4, 0.5) is 0 Å². The average Bonchev–Trinajstić information content (AvgIpc) is 3.41. The summed E-state index contributed by atoms with van der Waals surface area (Å²) in [4.78, 5) is 2.79. The molecule has 8 rings (SSSR count). The van der Waals surface area contributed by atoms with Gasteiger partial charge in [-0.3, -0.25) is 4.90 Å². The minimum absolute atomic E-state index is 0.0277. The molecule has 4 heterocycles. The molecule has 7 aliphatic rings. The molecule has 3 aliphatic carbocycles. The average molecular weight is 368 g/mol. The molecule has 3 saturated heterocycles. The van der Waals surface area contributed by atoms with Crippen molar-refractivity contribution in [2.45, 2.75) is 67.2 Å². The van der Waals surface area contributed by atoms with E-state index in [1.807, 2.05) is 0 Å². The van der Waals surface area contributed by atoms with Crippen LogP contribution in [0.15, 0.2) is 12.1 Å². The predicted octanol–water partition coefficient (Wildman–Crippen LogP) is 1.60. The second kappa shape index (κ2) is 4.64. The van der Waals surface area contributed by atoms with Gasteiger partial charge in [-0.2, -0.15) is 0 Å². The van der Waals surface area contributed by atoms with E-state index in [1.54, 1.807) is 7.11 Å². The second-order valence-corrected chi connectivity index (χ2v) is 9.94. The van der Waals surface area contributed by atoms with Crippen molar-refractivity contribution in [1.29, 1.82) is 0 Å². The highest BCUT2D eigenvalue weighted by molar-refractivity contribution is 5.64. The molecular weight excluding hydrogens is 340 g/mol. The number of piperidine rings is 3. The Balaban J connectivity index is 1.48. The molecule has 5 fully saturated rings. The molecule has 1 aromatic rings. The Hall–Kier alpha value is -1.30. The number of methoxy groups -OCH3 is 1. The lowest BCUT2D eigenvalue weighted by Gasteiger charge is -2.71. The summed E-state index contributed by atoms with van der Waals surface area (Å²) >= 11 is 0. The minimum atomic E-state index is -0.774. The summed E-state index contributed by atoms with van der Waals surface area (Å²) in [6, 6.07) is 4.84. The third-order valence-corrected chi connectivity index (χ3v) is 8.91. The van der Waals surface area contributed by atoms with E-state index in [0.29, 0.717) is 12.6 Å². The Morgan fingerprint density at radius 1 is 1.30 bits per heavy atom. The van der Waals surface area contributed by atoms with E-state index in [2.05, 4.69) is 22.3 Å². The number of aliphatic hydroxyl groups is 1. The van der Waals surface area contributed by atoms with Crippen LogP contribution < -0.4 is 14.8 Å². The van der Waals surface area contributed by atoms with Crippen molar-refractivity contribution in [1.82, 2.24) is 10.2 Å². The van der Waals surface area contributed by atoms with Crippen LogP contribution in [-0.2, 0) is 11.8 Å². The first-order valence-corrected chi connectivity index (χ1v) is 10.7. The fourth-order valence-corrected chi connectivity index (χ4v) is 7.63. The van der Waals surface area contributed by atoms with E-state index in [4.69, 9.17) is 9.47 Å². The van der Waals surface area contributed by atoms with Crippen molar-refractivity contribution >= 4 is 0 Å². The Kier molecular flexibility index (Phi) is 2.68. The van der Waals surface area contributed by atoms with E-state index >= 15 is 0 Å². The number of ether oxygens (including phenoxy) is 2. The number of β-amino-alcohol motifs (C(OH)–C–C–N with tert-alkyl or cyclic N) is 1. The van der Waals surface area contributed by atoms with Gasteiger partial charge in [-0.1, -0.05) is 6.07 Å². The number of rotatable bonds is 3. The van der Waals surface area contributed by atoms with Crippen LogP contribution in [0.25, 0.3) is 0 Å². The van der Waals surface area contributed by atoms with E-state index in [9.17, 15) is 5.11 Å². The first-order chi connectivity index (χ1) is 13.1. The maximum absolute atomic E-state index is 11.5. The fourth-order valence-electron chi connectivity index (χ4n) is 7.63. The van der Waals surface area contributed by atoms with E-state index in [1.165, 1.54) is 30.5 Å². The van der Waals surface area contributed by atoms with Crippen LogP contribution in [0.5, 0.6) is 11.5 Å². The van der Waals surface area contributed by atoms with Crippen LogP contribution >= 0.6 is 0 Å². The zero-order chi connectivity index (χ0) is 18.0. The van der Waals surface area contributed by atoms with Crippen molar-refractivity contribution < 1.29 is 14.6 Å². The lowest BCUT2D eigenvalue weighted by molar-refractivity contribution is -0.212. The number of hydrogen-bond donors (Lipinski definition) is 2. The molecule has 27 heavy (non-hydrogen) atoms. The first kappa shape index (κ1) is 15.6. The molecule has 1 aromatic carbocycles. The van der Waals surface area contributed by atoms with Crippen molar-refractivity contribution in [3.8, 4) is 11.5 Å². The van der Waals surface area contributed by atoms with Gasteiger partial charge in [0, 0.05) is 30.2 Å². The van der Waals surface area contributed by atoms with Gasteiger partial charge in [0.25, 0.3) is 0 Å². The molecule has 5 atom stereocenters. The van der Waals surface area contributed by atoms with Crippen molar-refractivity contribution in [2.75, 3.05) is 26.7 Å². The summed E-state index contributed by atoms with van der Waals surface area (Å²) < 4.78 is 12.3. The highest BCUT2D eigenvalue weighted by atomic mass is 16.5. The molecule has 2 N–H and O–H groups in total. The van der Waals surface area contributed by atoms with Crippen LogP contribution in [0.1, 0.15) is 43.2 Å². The summed E-state index contributed by atoms with van der Waals surface area (Å²) in [6.45, 7) is 3.02. The number of hydrogen-bond acceptors (Lipinski definition) is 5. The summed E-state index contributed by atoms with van der Waals surface area (Å²) in [7, 11) is 1.72. The van der Waals surface area contributed by atoms with Gasteiger partial charge in [0.05, 0.1) is 12.5 Å². The first-order valence-electron chi connectivity index (χ1n) is 10.7. The maximum Gasteiger partial charge on any atom is 0.166 e. The highest BCUT2D eigenvalue weighted by Gasteiger charge is 2.78. The van der Waals surface area contributed by atoms with Gasteiger partial charge in [-0.05, 0) is 62.6 Å². The SMILES string of the molecule is COc1ccc2c3c1O[C@H]1C4(O)CC[C@@]5(NC4)[C@@H](C2)N(CC2CC2)CC[C@]315.